The summed E-state index contributed by atoms with van der Waals surface area (Å²) < 4.78 is 11.6. The molecule has 24 heavy (non-hydrogen) atoms. The molecule has 134 valence electrons. The second-order valence-electron chi connectivity index (χ2n) is 5.99. The topological polar surface area (TPSA) is 54.9 Å². The minimum Gasteiger partial charge on any atom is -0.493 e. The fourth-order valence-corrected chi connectivity index (χ4v) is 3.64. The first kappa shape index (κ1) is 18.9. The Morgan fingerprint density at radius 3 is 2.58 bits per heavy atom. The summed E-state index contributed by atoms with van der Waals surface area (Å²) in [6.07, 6.45) is 6.42. The molecular weight excluding hydrogens is 370 g/mol. The summed E-state index contributed by atoms with van der Waals surface area (Å²) in [6, 6.07) is 4.53. The fourth-order valence-electron chi connectivity index (χ4n) is 2.99. The number of rotatable bonds is 6. The maximum absolute atomic E-state index is 5.40. The summed E-state index contributed by atoms with van der Waals surface area (Å²) in [5.41, 5.74) is 1.07. The van der Waals surface area contributed by atoms with E-state index in [0.29, 0.717) is 24.1 Å². The normalized spacial score (nSPS) is 15.9. The van der Waals surface area contributed by atoms with Crippen molar-refractivity contribution in [2.24, 2.45) is 4.99 Å². The Morgan fingerprint density at radius 1 is 1.21 bits per heavy atom. The molecule has 1 aliphatic carbocycles. The molecule has 0 unspecified atom stereocenters. The fraction of sp³-hybridized carbons (Fsp3) is 0.611. The Hall–Kier alpha value is -1.43. The first-order valence-electron chi connectivity index (χ1n) is 8.63. The number of guanidine groups is 1. The van der Waals surface area contributed by atoms with Crippen molar-refractivity contribution in [3.8, 4) is 11.5 Å². The maximum atomic E-state index is 5.40. The van der Waals surface area contributed by atoms with Crippen LogP contribution < -0.4 is 20.1 Å². The van der Waals surface area contributed by atoms with E-state index < -0.39 is 0 Å². The lowest BCUT2D eigenvalue weighted by molar-refractivity contribution is 0.352. The number of benzene rings is 1. The van der Waals surface area contributed by atoms with Crippen molar-refractivity contribution in [2.75, 3.05) is 20.8 Å². The molecule has 2 N–H and O–H groups in total. The number of nitrogens with one attached hydrogen (secondary N) is 2. The van der Waals surface area contributed by atoms with Crippen molar-refractivity contribution in [1.29, 1.82) is 0 Å². The second-order valence-corrected chi connectivity index (χ2v) is 6.84. The summed E-state index contributed by atoms with van der Waals surface area (Å²) in [5.74, 6) is 2.30. The van der Waals surface area contributed by atoms with E-state index in [1.54, 1.807) is 14.2 Å². The molecule has 0 heterocycles. The lowest BCUT2D eigenvalue weighted by Gasteiger charge is -2.24. The van der Waals surface area contributed by atoms with Gasteiger partial charge < -0.3 is 20.1 Å². The summed E-state index contributed by atoms with van der Waals surface area (Å²) in [6.45, 7) is 3.53. The Morgan fingerprint density at radius 2 is 1.96 bits per heavy atom. The first-order valence-corrected chi connectivity index (χ1v) is 9.42. The minimum atomic E-state index is 0.536. The van der Waals surface area contributed by atoms with E-state index in [1.165, 1.54) is 32.1 Å². The summed E-state index contributed by atoms with van der Waals surface area (Å²) in [7, 11) is 3.28. The smallest absolute Gasteiger partial charge is 0.191 e. The average molecular weight is 398 g/mol. The van der Waals surface area contributed by atoms with Crippen molar-refractivity contribution >= 4 is 21.9 Å². The molecule has 0 atom stereocenters. The Bertz CT molecular complexity index is 557. The van der Waals surface area contributed by atoms with Crippen LogP contribution in [0, 0.1) is 0 Å². The van der Waals surface area contributed by atoms with Crippen LogP contribution in [0.2, 0.25) is 0 Å². The van der Waals surface area contributed by atoms with E-state index in [4.69, 9.17) is 14.5 Å². The van der Waals surface area contributed by atoms with Crippen LogP contribution in [0.15, 0.2) is 21.6 Å². The van der Waals surface area contributed by atoms with Gasteiger partial charge in [0.15, 0.2) is 17.5 Å². The highest BCUT2D eigenvalue weighted by molar-refractivity contribution is 9.10. The van der Waals surface area contributed by atoms with Gasteiger partial charge in [-0.3, -0.25) is 0 Å². The van der Waals surface area contributed by atoms with Crippen molar-refractivity contribution < 1.29 is 9.47 Å². The summed E-state index contributed by atoms with van der Waals surface area (Å²) in [4.78, 5) is 4.73. The highest BCUT2D eigenvalue weighted by Crippen LogP contribution is 2.36. The van der Waals surface area contributed by atoms with Crippen LogP contribution in [-0.2, 0) is 6.54 Å². The first-order chi connectivity index (χ1) is 11.7. The van der Waals surface area contributed by atoms with Crippen molar-refractivity contribution in [3.05, 3.63) is 22.2 Å². The molecule has 0 aliphatic heterocycles. The van der Waals surface area contributed by atoms with Gasteiger partial charge in [-0.1, -0.05) is 19.3 Å². The standard InChI is InChI=1S/C18H28BrN3O2/c1-4-20-18(22-14-8-6-5-7-9-14)21-12-13-10-15(19)17(24-3)16(11-13)23-2/h10-11,14H,4-9,12H2,1-3H3,(H2,20,21,22). The van der Waals surface area contributed by atoms with E-state index in [0.717, 1.165) is 22.5 Å². The SMILES string of the molecule is CCNC(=NCc1cc(Br)c(OC)c(OC)c1)NC1CCCCC1. The molecule has 1 aliphatic rings. The molecule has 0 bridgehead atoms. The van der Waals surface area contributed by atoms with E-state index in [-0.39, 0.29) is 0 Å². The second kappa shape index (κ2) is 9.77. The molecule has 1 aromatic carbocycles. The van der Waals surface area contributed by atoms with Crippen molar-refractivity contribution in [1.82, 2.24) is 10.6 Å². The third-order valence-electron chi connectivity index (χ3n) is 4.20. The van der Waals surface area contributed by atoms with Crippen molar-refractivity contribution in [3.63, 3.8) is 0 Å². The van der Waals surface area contributed by atoms with Gasteiger partial charge in [0, 0.05) is 12.6 Å². The molecule has 0 saturated heterocycles. The molecule has 0 aromatic heterocycles. The third kappa shape index (κ3) is 5.30. The highest BCUT2D eigenvalue weighted by atomic mass is 79.9. The number of hydrogen-bond acceptors (Lipinski definition) is 3. The molecule has 2 rings (SSSR count). The van der Waals surface area contributed by atoms with Crippen LogP contribution in [0.1, 0.15) is 44.6 Å². The number of ether oxygens (including phenoxy) is 2. The van der Waals surface area contributed by atoms with Crippen LogP contribution in [0.5, 0.6) is 11.5 Å². The molecular formula is C18H28BrN3O2. The highest BCUT2D eigenvalue weighted by Gasteiger charge is 2.15. The van der Waals surface area contributed by atoms with E-state index in [1.807, 2.05) is 12.1 Å². The number of nitrogens with zero attached hydrogens (tertiary/aromatic N) is 1. The van der Waals surface area contributed by atoms with Gasteiger partial charge in [-0.25, -0.2) is 4.99 Å². The number of aliphatic imine (C=N–C) groups is 1. The molecule has 0 radical (unpaired) electrons. The zero-order valence-corrected chi connectivity index (χ0v) is 16.4. The average Bonchev–Trinajstić information content (AvgIpc) is 2.60. The Kier molecular flexibility index (Phi) is 7.69. The summed E-state index contributed by atoms with van der Waals surface area (Å²) in [5, 5.41) is 6.90. The van der Waals surface area contributed by atoms with Crippen molar-refractivity contribution in [2.45, 2.75) is 51.6 Å². The molecule has 1 aromatic rings. The van der Waals surface area contributed by atoms with Gasteiger partial charge in [-0.05, 0) is 53.4 Å². The van der Waals surface area contributed by atoms with Gasteiger partial charge in [0.05, 0.1) is 25.2 Å². The lowest BCUT2D eigenvalue weighted by Crippen LogP contribution is -2.44. The maximum Gasteiger partial charge on any atom is 0.191 e. The van der Waals surface area contributed by atoms with E-state index in [9.17, 15) is 0 Å². The molecule has 0 amide bonds. The number of methoxy groups -OCH3 is 2. The van der Waals surface area contributed by atoms with Crippen LogP contribution in [0.25, 0.3) is 0 Å². The van der Waals surface area contributed by atoms with Gasteiger partial charge in [0.2, 0.25) is 0 Å². The lowest BCUT2D eigenvalue weighted by atomic mass is 9.96. The Labute approximate surface area is 153 Å². The largest absolute Gasteiger partial charge is 0.493 e. The van der Waals surface area contributed by atoms with E-state index in [2.05, 4.69) is 33.5 Å². The van der Waals surface area contributed by atoms with Crippen LogP contribution in [0.4, 0.5) is 0 Å². The molecule has 5 nitrogen and oxygen atoms in total. The van der Waals surface area contributed by atoms with Gasteiger partial charge >= 0.3 is 0 Å². The summed E-state index contributed by atoms with van der Waals surface area (Å²) >= 11 is 3.53. The quantitative estimate of drug-likeness (QED) is 0.565. The van der Waals surface area contributed by atoms with Gasteiger partial charge in [-0.15, -0.1) is 0 Å². The molecule has 1 fully saturated rings. The Balaban J connectivity index is 2.08. The predicted octanol–water partition coefficient (Wildman–Crippen LogP) is 3.85. The molecule has 6 heteroatoms. The van der Waals surface area contributed by atoms with E-state index >= 15 is 0 Å². The van der Waals surface area contributed by atoms with Gasteiger partial charge in [0.25, 0.3) is 0 Å². The van der Waals surface area contributed by atoms with Crippen LogP contribution in [0.3, 0.4) is 0 Å². The minimum absolute atomic E-state index is 0.536. The predicted molar refractivity (Wildman–Crippen MR) is 102 cm³/mol. The van der Waals surface area contributed by atoms with Gasteiger partial charge in [-0.2, -0.15) is 0 Å². The zero-order valence-electron chi connectivity index (χ0n) is 14.8. The van der Waals surface area contributed by atoms with Crippen LogP contribution in [-0.4, -0.2) is 32.8 Å². The molecule has 0 spiro atoms. The number of hydrogen-bond donors (Lipinski definition) is 2. The third-order valence-corrected chi connectivity index (χ3v) is 4.79. The van der Waals surface area contributed by atoms with Gasteiger partial charge in [0.1, 0.15) is 0 Å². The number of halogens is 1. The molecule has 1 saturated carbocycles. The zero-order chi connectivity index (χ0) is 17.4. The van der Waals surface area contributed by atoms with Crippen LogP contribution >= 0.6 is 15.9 Å². The monoisotopic (exact) mass is 397 g/mol.